The average Bonchev–Trinajstić information content (AvgIpc) is 2.47. The zero-order valence-electron chi connectivity index (χ0n) is 15.2. The van der Waals surface area contributed by atoms with Crippen molar-refractivity contribution in [2.45, 2.75) is 72.4 Å². The molecule has 1 aromatic carbocycles. The lowest BCUT2D eigenvalue weighted by Crippen LogP contribution is -2.39. The largest absolute Gasteiger partial charge is 0.491 e. The van der Waals surface area contributed by atoms with E-state index in [0.717, 1.165) is 24.5 Å². The molecule has 0 aromatic heterocycles. The van der Waals surface area contributed by atoms with Crippen LogP contribution < -0.4 is 10.1 Å². The molecule has 23 heavy (non-hydrogen) atoms. The van der Waals surface area contributed by atoms with Crippen molar-refractivity contribution in [3.05, 3.63) is 29.8 Å². The van der Waals surface area contributed by atoms with E-state index >= 15 is 0 Å². The van der Waals surface area contributed by atoms with Gasteiger partial charge in [0.05, 0.1) is 6.10 Å². The third kappa shape index (κ3) is 5.26. The highest BCUT2D eigenvalue weighted by Gasteiger charge is 2.30. The van der Waals surface area contributed by atoms with Crippen LogP contribution in [0.15, 0.2) is 24.3 Å². The van der Waals surface area contributed by atoms with Crippen LogP contribution in [0.1, 0.15) is 70.7 Å². The van der Waals surface area contributed by atoms with Crippen molar-refractivity contribution in [3.8, 4) is 5.75 Å². The van der Waals surface area contributed by atoms with Crippen LogP contribution in [0.4, 0.5) is 0 Å². The van der Waals surface area contributed by atoms with E-state index in [2.05, 4.69) is 26.1 Å². The quantitative estimate of drug-likeness (QED) is 0.865. The van der Waals surface area contributed by atoms with Crippen LogP contribution in [0.25, 0.3) is 0 Å². The van der Waals surface area contributed by atoms with Gasteiger partial charge in [-0.05, 0) is 75.1 Å². The average molecular weight is 317 g/mol. The summed E-state index contributed by atoms with van der Waals surface area (Å²) >= 11 is 0. The fourth-order valence-corrected chi connectivity index (χ4v) is 3.33. The summed E-state index contributed by atoms with van der Waals surface area (Å²) in [7, 11) is 0. The van der Waals surface area contributed by atoms with Gasteiger partial charge in [0.15, 0.2) is 0 Å². The van der Waals surface area contributed by atoms with Gasteiger partial charge in [-0.3, -0.25) is 4.79 Å². The molecule has 1 amide bonds. The van der Waals surface area contributed by atoms with Gasteiger partial charge in [0, 0.05) is 11.6 Å². The molecule has 1 saturated carbocycles. The monoisotopic (exact) mass is 317 g/mol. The highest BCUT2D eigenvalue weighted by molar-refractivity contribution is 5.94. The Balaban J connectivity index is 1.85. The lowest BCUT2D eigenvalue weighted by atomic mass is 9.71. The minimum absolute atomic E-state index is 0.0281. The summed E-state index contributed by atoms with van der Waals surface area (Å²) in [6.45, 7) is 10.9. The fraction of sp³-hybridized carbons (Fsp3) is 0.650. The number of hydrogen-bond donors (Lipinski definition) is 1. The van der Waals surface area contributed by atoms with Gasteiger partial charge in [0.1, 0.15) is 5.75 Å². The molecule has 0 radical (unpaired) electrons. The second kappa shape index (κ2) is 7.37. The van der Waals surface area contributed by atoms with Crippen LogP contribution in [0.2, 0.25) is 0 Å². The third-order valence-corrected chi connectivity index (χ3v) is 4.78. The molecule has 1 aliphatic carbocycles. The second-order valence-corrected chi connectivity index (χ2v) is 8.08. The fourth-order valence-electron chi connectivity index (χ4n) is 3.33. The molecular weight excluding hydrogens is 286 g/mol. The summed E-state index contributed by atoms with van der Waals surface area (Å²) in [5.74, 6) is 1.60. The first kappa shape index (κ1) is 17.8. The Morgan fingerprint density at radius 2 is 1.65 bits per heavy atom. The van der Waals surface area contributed by atoms with Gasteiger partial charge in [0.2, 0.25) is 0 Å². The van der Waals surface area contributed by atoms with Crippen molar-refractivity contribution in [2.75, 3.05) is 0 Å². The normalized spacial score (nSPS) is 22.0. The summed E-state index contributed by atoms with van der Waals surface area (Å²) < 4.78 is 5.61. The Morgan fingerprint density at radius 1 is 1.09 bits per heavy atom. The summed E-state index contributed by atoms with van der Waals surface area (Å²) in [6.07, 6.45) is 4.73. The summed E-state index contributed by atoms with van der Waals surface area (Å²) in [4.78, 5) is 12.4. The van der Waals surface area contributed by atoms with E-state index in [1.54, 1.807) is 0 Å². The number of carbonyl (C=O) groups excluding carboxylic acids is 1. The molecule has 3 heteroatoms. The summed E-state index contributed by atoms with van der Waals surface area (Å²) in [6, 6.07) is 7.73. The summed E-state index contributed by atoms with van der Waals surface area (Å²) in [5.41, 5.74) is 1.08. The Hall–Kier alpha value is -1.51. The molecule has 0 saturated heterocycles. The van der Waals surface area contributed by atoms with Crippen molar-refractivity contribution >= 4 is 5.91 Å². The second-order valence-electron chi connectivity index (χ2n) is 8.08. The van der Waals surface area contributed by atoms with E-state index in [0.29, 0.717) is 17.0 Å². The van der Waals surface area contributed by atoms with Gasteiger partial charge in [-0.2, -0.15) is 0 Å². The highest BCUT2D eigenvalue weighted by atomic mass is 16.5. The van der Waals surface area contributed by atoms with E-state index in [1.807, 2.05) is 38.1 Å². The van der Waals surface area contributed by atoms with Crippen molar-refractivity contribution in [1.82, 2.24) is 5.32 Å². The van der Waals surface area contributed by atoms with E-state index in [1.165, 1.54) is 12.8 Å². The molecule has 3 nitrogen and oxygen atoms in total. The lowest BCUT2D eigenvalue weighted by molar-refractivity contribution is 0.0904. The van der Waals surface area contributed by atoms with Crippen molar-refractivity contribution in [3.63, 3.8) is 0 Å². The lowest BCUT2D eigenvalue weighted by Gasteiger charge is -2.37. The van der Waals surface area contributed by atoms with Gasteiger partial charge < -0.3 is 10.1 Å². The van der Waals surface area contributed by atoms with Crippen molar-refractivity contribution in [1.29, 1.82) is 0 Å². The molecule has 0 atom stereocenters. The third-order valence-electron chi connectivity index (χ3n) is 4.78. The molecule has 1 fully saturated rings. The predicted molar refractivity (Wildman–Crippen MR) is 94.9 cm³/mol. The maximum atomic E-state index is 12.4. The molecule has 2 rings (SSSR count). The van der Waals surface area contributed by atoms with Crippen LogP contribution in [0.5, 0.6) is 5.75 Å². The topological polar surface area (TPSA) is 38.3 Å². The standard InChI is InChI=1S/C20H31NO2/c1-14(2)23-18-12-6-15(7-13-18)19(22)21-17-10-8-16(9-11-17)20(3,4)5/h6-7,12-14,16-17H,8-11H2,1-5H3,(H,21,22). The van der Waals surface area contributed by atoms with Gasteiger partial charge in [-0.15, -0.1) is 0 Å². The minimum Gasteiger partial charge on any atom is -0.491 e. The molecule has 1 aromatic rings. The Bertz CT molecular complexity index is 505. The number of amides is 1. The maximum absolute atomic E-state index is 12.4. The van der Waals surface area contributed by atoms with Crippen molar-refractivity contribution < 1.29 is 9.53 Å². The van der Waals surface area contributed by atoms with E-state index in [9.17, 15) is 4.79 Å². The van der Waals surface area contributed by atoms with Gasteiger partial charge >= 0.3 is 0 Å². The first-order valence-corrected chi connectivity index (χ1v) is 8.83. The Kier molecular flexibility index (Phi) is 5.72. The van der Waals surface area contributed by atoms with E-state index < -0.39 is 0 Å². The minimum atomic E-state index is 0.0281. The molecule has 1 aliphatic rings. The Labute approximate surface area is 140 Å². The number of ether oxygens (including phenoxy) is 1. The highest BCUT2D eigenvalue weighted by Crippen LogP contribution is 2.37. The number of hydrogen-bond acceptors (Lipinski definition) is 2. The Morgan fingerprint density at radius 3 is 2.13 bits per heavy atom. The van der Waals surface area contributed by atoms with Gasteiger partial charge in [0.25, 0.3) is 5.91 Å². The number of rotatable bonds is 4. The van der Waals surface area contributed by atoms with Gasteiger partial charge in [-0.25, -0.2) is 0 Å². The van der Waals surface area contributed by atoms with Crippen LogP contribution in [0.3, 0.4) is 0 Å². The van der Waals surface area contributed by atoms with E-state index in [4.69, 9.17) is 4.74 Å². The van der Waals surface area contributed by atoms with Crippen LogP contribution in [-0.4, -0.2) is 18.1 Å². The smallest absolute Gasteiger partial charge is 0.251 e. The van der Waals surface area contributed by atoms with Crippen LogP contribution in [-0.2, 0) is 0 Å². The van der Waals surface area contributed by atoms with Gasteiger partial charge in [-0.1, -0.05) is 20.8 Å². The zero-order valence-corrected chi connectivity index (χ0v) is 15.2. The summed E-state index contributed by atoms with van der Waals surface area (Å²) in [5, 5.41) is 3.19. The number of carbonyl (C=O) groups is 1. The van der Waals surface area contributed by atoms with E-state index in [-0.39, 0.29) is 12.0 Å². The number of nitrogens with one attached hydrogen (secondary N) is 1. The molecule has 0 heterocycles. The SMILES string of the molecule is CC(C)Oc1ccc(C(=O)NC2CCC(C(C)(C)C)CC2)cc1. The molecule has 0 aliphatic heterocycles. The molecule has 0 bridgehead atoms. The zero-order chi connectivity index (χ0) is 17.0. The van der Waals surface area contributed by atoms with Crippen molar-refractivity contribution in [2.24, 2.45) is 11.3 Å². The molecule has 1 N–H and O–H groups in total. The number of benzene rings is 1. The predicted octanol–water partition coefficient (Wildman–Crippen LogP) is 4.81. The first-order chi connectivity index (χ1) is 10.8. The molecular formula is C20H31NO2. The molecule has 128 valence electrons. The van der Waals surface area contributed by atoms with Crippen LogP contribution in [0, 0.1) is 11.3 Å². The van der Waals surface area contributed by atoms with Crippen LogP contribution >= 0.6 is 0 Å². The molecule has 0 spiro atoms. The molecule has 0 unspecified atom stereocenters. The maximum Gasteiger partial charge on any atom is 0.251 e. The first-order valence-electron chi connectivity index (χ1n) is 8.83.